The molecule has 3 rings (SSSR count). The molecular weight excluding hydrogens is 328 g/mol. The molecule has 1 aliphatic heterocycles. The van der Waals surface area contributed by atoms with Crippen molar-refractivity contribution in [1.29, 1.82) is 0 Å². The van der Waals surface area contributed by atoms with E-state index in [-0.39, 0.29) is 17.6 Å². The summed E-state index contributed by atoms with van der Waals surface area (Å²) in [5.74, 6) is 0.0422. The van der Waals surface area contributed by atoms with Crippen LogP contribution in [0, 0.1) is 0 Å². The van der Waals surface area contributed by atoms with Gasteiger partial charge in [-0.05, 0) is 24.6 Å². The minimum absolute atomic E-state index is 0.110. The van der Waals surface area contributed by atoms with Gasteiger partial charge in [-0.1, -0.05) is 12.1 Å². The Morgan fingerprint density at radius 1 is 1.38 bits per heavy atom. The van der Waals surface area contributed by atoms with Crippen molar-refractivity contribution in [3.05, 3.63) is 46.4 Å². The highest BCUT2D eigenvalue weighted by molar-refractivity contribution is 7.07. The van der Waals surface area contributed by atoms with E-state index in [1.807, 2.05) is 31.2 Å². The topological polar surface area (TPSA) is 68.7 Å². The van der Waals surface area contributed by atoms with E-state index in [1.54, 1.807) is 22.9 Å². The second-order valence-corrected chi connectivity index (χ2v) is 6.14. The van der Waals surface area contributed by atoms with Crippen LogP contribution in [0.2, 0.25) is 0 Å². The molecule has 7 heteroatoms. The number of amides is 1. The molecule has 0 bridgehead atoms. The van der Waals surface area contributed by atoms with Crippen molar-refractivity contribution in [2.24, 2.45) is 0 Å². The summed E-state index contributed by atoms with van der Waals surface area (Å²) in [6.07, 6.45) is -0.333. The average Bonchev–Trinajstić information content (AvgIpc) is 3.24. The molecule has 1 aromatic heterocycles. The molecule has 126 valence electrons. The molecule has 0 saturated carbocycles. The van der Waals surface area contributed by atoms with E-state index in [1.165, 1.54) is 11.3 Å². The zero-order valence-corrected chi connectivity index (χ0v) is 14.3. The summed E-state index contributed by atoms with van der Waals surface area (Å²) in [5.41, 5.74) is 2.80. The van der Waals surface area contributed by atoms with Crippen molar-refractivity contribution in [3.8, 4) is 5.75 Å². The Morgan fingerprint density at radius 3 is 2.71 bits per heavy atom. The van der Waals surface area contributed by atoms with Gasteiger partial charge in [0, 0.05) is 18.3 Å². The maximum absolute atomic E-state index is 12.6. The van der Waals surface area contributed by atoms with Crippen LogP contribution in [0.1, 0.15) is 35.4 Å². The number of thiazole rings is 1. The van der Waals surface area contributed by atoms with E-state index >= 15 is 0 Å². The number of carbonyl (C=O) groups excluding carboxylic acids is 2. The Labute approximate surface area is 144 Å². The lowest BCUT2D eigenvalue weighted by Crippen LogP contribution is -2.32. The molecule has 2 aromatic rings. The molecule has 0 aliphatic carbocycles. The summed E-state index contributed by atoms with van der Waals surface area (Å²) >= 11 is 1.31. The second-order valence-electron chi connectivity index (χ2n) is 5.42. The normalized spacial score (nSPS) is 20.2. The summed E-state index contributed by atoms with van der Waals surface area (Å²) in [6, 6.07) is 7.49. The van der Waals surface area contributed by atoms with Crippen LogP contribution in [0.4, 0.5) is 0 Å². The number of ether oxygens (including phenoxy) is 2. The number of hydrogen-bond donors (Lipinski definition) is 0. The Hall–Kier alpha value is -2.41. The molecule has 24 heavy (non-hydrogen) atoms. The number of methoxy groups -OCH3 is 1. The van der Waals surface area contributed by atoms with Gasteiger partial charge >= 0.3 is 5.97 Å². The van der Waals surface area contributed by atoms with Crippen LogP contribution in [0.3, 0.4) is 0 Å². The predicted molar refractivity (Wildman–Crippen MR) is 89.1 cm³/mol. The van der Waals surface area contributed by atoms with Gasteiger partial charge in [-0.3, -0.25) is 4.79 Å². The van der Waals surface area contributed by atoms with Crippen molar-refractivity contribution in [3.63, 3.8) is 0 Å². The van der Waals surface area contributed by atoms with Gasteiger partial charge in [0.2, 0.25) is 0 Å². The van der Waals surface area contributed by atoms with Crippen molar-refractivity contribution in [2.45, 2.75) is 25.5 Å². The molecule has 1 amide bonds. The van der Waals surface area contributed by atoms with E-state index < -0.39 is 12.1 Å². The molecule has 1 aliphatic rings. The minimum atomic E-state index is -0.772. The minimum Gasteiger partial charge on any atom is -0.497 e. The van der Waals surface area contributed by atoms with Crippen molar-refractivity contribution in [1.82, 2.24) is 9.88 Å². The molecule has 1 fully saturated rings. The van der Waals surface area contributed by atoms with Gasteiger partial charge in [0.25, 0.3) is 5.91 Å². The lowest BCUT2D eigenvalue weighted by atomic mass is 10.0. The summed E-state index contributed by atoms with van der Waals surface area (Å²) in [6.45, 7) is 2.47. The monoisotopic (exact) mass is 346 g/mol. The first-order valence-corrected chi connectivity index (χ1v) is 8.62. The lowest BCUT2D eigenvalue weighted by molar-refractivity contribution is -0.135. The third-order valence-electron chi connectivity index (χ3n) is 4.10. The summed E-state index contributed by atoms with van der Waals surface area (Å²) in [4.78, 5) is 30.3. The van der Waals surface area contributed by atoms with E-state index in [0.717, 1.165) is 11.3 Å². The molecule has 0 N–H and O–H groups in total. The standard InChI is InChI=1S/C17H18N2O4S/c1-3-19-14(11-4-6-12(22-2)7-5-11)8-15(16(19)20)23-17(21)13-9-24-10-18-13/h4-7,9-10,14-15H,3,8H2,1-2H3/t14-,15+/m1/s1. The number of aromatic nitrogens is 1. The fraction of sp³-hybridized carbons (Fsp3) is 0.353. The van der Waals surface area contributed by atoms with Gasteiger partial charge in [0.1, 0.15) is 5.75 Å². The Morgan fingerprint density at radius 2 is 2.12 bits per heavy atom. The number of likely N-dealkylation sites (tertiary alicyclic amines) is 1. The molecule has 0 radical (unpaired) electrons. The van der Waals surface area contributed by atoms with Crippen molar-refractivity contribution >= 4 is 23.2 Å². The van der Waals surface area contributed by atoms with Crippen LogP contribution in [-0.4, -0.2) is 41.5 Å². The molecule has 1 saturated heterocycles. The van der Waals surface area contributed by atoms with E-state index in [2.05, 4.69) is 4.98 Å². The van der Waals surface area contributed by atoms with Crippen LogP contribution >= 0.6 is 11.3 Å². The van der Waals surface area contributed by atoms with E-state index in [4.69, 9.17) is 9.47 Å². The van der Waals surface area contributed by atoms with E-state index in [0.29, 0.717) is 13.0 Å². The zero-order chi connectivity index (χ0) is 17.1. The number of benzene rings is 1. The highest BCUT2D eigenvalue weighted by Gasteiger charge is 2.42. The van der Waals surface area contributed by atoms with Crippen LogP contribution in [0.25, 0.3) is 0 Å². The number of nitrogens with zero attached hydrogens (tertiary/aromatic N) is 2. The molecule has 0 unspecified atom stereocenters. The summed E-state index contributed by atoms with van der Waals surface area (Å²) in [7, 11) is 1.61. The Balaban J connectivity index is 1.76. The largest absolute Gasteiger partial charge is 0.497 e. The lowest BCUT2D eigenvalue weighted by Gasteiger charge is -2.23. The first-order chi connectivity index (χ1) is 11.6. The number of rotatable bonds is 5. The smallest absolute Gasteiger partial charge is 0.358 e. The van der Waals surface area contributed by atoms with Gasteiger partial charge in [0.05, 0.1) is 18.7 Å². The van der Waals surface area contributed by atoms with Gasteiger partial charge in [-0.15, -0.1) is 11.3 Å². The molecule has 2 heterocycles. The van der Waals surface area contributed by atoms with Crippen LogP contribution in [0.15, 0.2) is 35.2 Å². The maximum atomic E-state index is 12.6. The summed E-state index contributed by atoms with van der Waals surface area (Å²) < 4.78 is 10.6. The predicted octanol–water partition coefficient (Wildman–Crippen LogP) is 2.67. The first-order valence-electron chi connectivity index (χ1n) is 7.67. The fourth-order valence-electron chi connectivity index (χ4n) is 2.89. The summed E-state index contributed by atoms with van der Waals surface area (Å²) in [5, 5.41) is 1.61. The first kappa shape index (κ1) is 16.4. The van der Waals surface area contributed by atoms with Crippen LogP contribution in [0.5, 0.6) is 5.75 Å². The van der Waals surface area contributed by atoms with E-state index in [9.17, 15) is 9.59 Å². The molecule has 1 aromatic carbocycles. The number of carbonyl (C=O) groups is 2. The molecule has 0 spiro atoms. The highest BCUT2D eigenvalue weighted by atomic mass is 32.1. The number of hydrogen-bond acceptors (Lipinski definition) is 6. The third-order valence-corrected chi connectivity index (χ3v) is 4.69. The van der Waals surface area contributed by atoms with Gasteiger partial charge in [-0.2, -0.15) is 0 Å². The number of esters is 1. The highest BCUT2D eigenvalue weighted by Crippen LogP contribution is 2.35. The quantitative estimate of drug-likeness (QED) is 0.779. The van der Waals surface area contributed by atoms with Crippen molar-refractivity contribution < 1.29 is 19.1 Å². The second kappa shape index (κ2) is 7.00. The zero-order valence-electron chi connectivity index (χ0n) is 13.5. The van der Waals surface area contributed by atoms with Gasteiger partial charge in [0.15, 0.2) is 11.8 Å². The van der Waals surface area contributed by atoms with Crippen LogP contribution in [-0.2, 0) is 9.53 Å². The maximum Gasteiger partial charge on any atom is 0.358 e. The molecular formula is C17H18N2O4S. The van der Waals surface area contributed by atoms with Crippen molar-refractivity contribution in [2.75, 3.05) is 13.7 Å². The van der Waals surface area contributed by atoms with Gasteiger partial charge < -0.3 is 14.4 Å². The van der Waals surface area contributed by atoms with Gasteiger partial charge in [-0.25, -0.2) is 9.78 Å². The molecule has 2 atom stereocenters. The third kappa shape index (κ3) is 3.12. The van der Waals surface area contributed by atoms with Crippen LogP contribution < -0.4 is 4.74 Å². The Kier molecular flexibility index (Phi) is 4.80. The SMILES string of the molecule is CCN1C(=O)[C@@H](OC(=O)c2cscn2)C[C@@H]1c1ccc(OC)cc1. The number of likely N-dealkylation sites (N-methyl/N-ethyl adjacent to an activating group) is 1. The Bertz CT molecular complexity index is 715. The molecule has 6 nitrogen and oxygen atoms in total. The fourth-order valence-corrected chi connectivity index (χ4v) is 3.41. The average molecular weight is 346 g/mol.